The van der Waals surface area contributed by atoms with Gasteiger partial charge in [0.15, 0.2) is 8.32 Å². The normalized spacial score (nSPS) is 11.4. The molecule has 0 radical (unpaired) electrons. The Morgan fingerprint density at radius 3 is 2.50 bits per heavy atom. The highest BCUT2D eigenvalue weighted by molar-refractivity contribution is 6.69. The zero-order valence-electron chi connectivity index (χ0n) is 9.60. The fourth-order valence-corrected chi connectivity index (χ4v) is 2.22. The Morgan fingerprint density at radius 1 is 1.36 bits per heavy atom. The van der Waals surface area contributed by atoms with Crippen molar-refractivity contribution in [2.24, 2.45) is 0 Å². The highest BCUT2D eigenvalue weighted by atomic mass is 28.4. The average Bonchev–Trinajstić information content (AvgIpc) is 2.07. The van der Waals surface area contributed by atoms with Gasteiger partial charge in [0.1, 0.15) is 0 Å². The van der Waals surface area contributed by atoms with E-state index in [1.54, 1.807) is 0 Å². The van der Waals surface area contributed by atoms with E-state index in [1.807, 2.05) is 13.1 Å². The van der Waals surface area contributed by atoms with Gasteiger partial charge in [0, 0.05) is 13.0 Å². The molecule has 0 aliphatic rings. The Labute approximate surface area is 88.0 Å². The summed E-state index contributed by atoms with van der Waals surface area (Å²) < 4.78 is 0. The van der Waals surface area contributed by atoms with Crippen LogP contribution in [-0.4, -0.2) is 25.6 Å². The molecule has 0 spiro atoms. The topological polar surface area (TPSA) is 49.3 Å². The zero-order valence-corrected chi connectivity index (χ0v) is 10.6. The number of hydrogen-bond acceptors (Lipinski definition) is 2. The zero-order chi connectivity index (χ0) is 11.0. The van der Waals surface area contributed by atoms with Crippen LogP contribution in [0, 0.1) is 0 Å². The van der Waals surface area contributed by atoms with Crippen LogP contribution in [-0.2, 0) is 4.79 Å². The van der Waals surface area contributed by atoms with Crippen LogP contribution in [0.1, 0.15) is 32.6 Å². The largest absolute Gasteiger partial charge is 0.432 e. The van der Waals surface area contributed by atoms with Crippen LogP contribution in [0.2, 0.25) is 19.1 Å². The van der Waals surface area contributed by atoms with Gasteiger partial charge in [0.2, 0.25) is 5.91 Å². The average molecular weight is 217 g/mol. The Hall–Kier alpha value is -0.353. The monoisotopic (exact) mass is 217 g/mol. The molecule has 2 N–H and O–H groups in total. The lowest BCUT2D eigenvalue weighted by Gasteiger charge is -2.13. The lowest BCUT2D eigenvalue weighted by molar-refractivity contribution is -0.121. The Morgan fingerprint density at radius 2 is 2.00 bits per heavy atom. The molecular formula is C10H23NO2Si. The first-order chi connectivity index (χ1) is 6.45. The van der Waals surface area contributed by atoms with E-state index in [-0.39, 0.29) is 5.91 Å². The number of unbranched alkanes of at least 4 members (excludes halogenated alkanes) is 1. The van der Waals surface area contributed by atoms with Crippen molar-refractivity contribution < 1.29 is 9.59 Å². The third-order valence-corrected chi connectivity index (χ3v) is 3.62. The van der Waals surface area contributed by atoms with Gasteiger partial charge in [-0.25, -0.2) is 0 Å². The van der Waals surface area contributed by atoms with Crippen molar-refractivity contribution in [1.29, 1.82) is 0 Å². The molecule has 0 heterocycles. The van der Waals surface area contributed by atoms with Gasteiger partial charge in [-0.2, -0.15) is 0 Å². The Balaban J connectivity index is 3.32. The third kappa shape index (κ3) is 9.73. The lowest BCUT2D eigenvalue weighted by atomic mass is 10.2. The van der Waals surface area contributed by atoms with Gasteiger partial charge in [-0.15, -0.1) is 0 Å². The standard InChI is InChI=1S/C10H23NO2Si/c1-4-5-7-10(12)11-8-6-9-14(2,3)13/h13H,4-9H2,1-3H3,(H,11,12). The number of hydrogen-bond donors (Lipinski definition) is 2. The van der Waals surface area contributed by atoms with Gasteiger partial charge in [-0.1, -0.05) is 13.3 Å². The molecule has 14 heavy (non-hydrogen) atoms. The molecule has 0 unspecified atom stereocenters. The minimum Gasteiger partial charge on any atom is -0.432 e. The molecule has 0 rings (SSSR count). The summed E-state index contributed by atoms with van der Waals surface area (Å²) in [7, 11) is -1.91. The molecule has 0 fully saturated rings. The molecule has 1 amide bonds. The van der Waals surface area contributed by atoms with E-state index in [0.717, 1.165) is 25.3 Å². The van der Waals surface area contributed by atoms with Crippen LogP contribution in [0.5, 0.6) is 0 Å². The molecular weight excluding hydrogens is 194 g/mol. The number of carbonyl (C=O) groups excluding carboxylic acids is 1. The van der Waals surface area contributed by atoms with Crippen molar-refractivity contribution in [2.75, 3.05) is 6.54 Å². The fraction of sp³-hybridized carbons (Fsp3) is 0.900. The third-order valence-electron chi connectivity index (χ3n) is 2.04. The van der Waals surface area contributed by atoms with Crippen molar-refractivity contribution in [3.05, 3.63) is 0 Å². The van der Waals surface area contributed by atoms with Crippen LogP contribution in [0.25, 0.3) is 0 Å². The highest BCUT2D eigenvalue weighted by Gasteiger charge is 2.15. The van der Waals surface area contributed by atoms with E-state index in [1.165, 1.54) is 0 Å². The second-order valence-corrected chi connectivity index (χ2v) is 8.49. The number of rotatable bonds is 7. The van der Waals surface area contributed by atoms with Crippen LogP contribution in [0.15, 0.2) is 0 Å². The summed E-state index contributed by atoms with van der Waals surface area (Å²) in [6.45, 7) is 6.63. The maximum Gasteiger partial charge on any atom is 0.219 e. The predicted molar refractivity (Wildman–Crippen MR) is 61.7 cm³/mol. The van der Waals surface area contributed by atoms with Gasteiger partial charge in [-0.3, -0.25) is 4.79 Å². The fourth-order valence-electron chi connectivity index (χ4n) is 1.17. The van der Waals surface area contributed by atoms with Crippen LogP contribution in [0.4, 0.5) is 0 Å². The van der Waals surface area contributed by atoms with Crippen LogP contribution in [0.3, 0.4) is 0 Å². The summed E-state index contributed by atoms with van der Waals surface area (Å²) in [6.07, 6.45) is 3.56. The quantitative estimate of drug-likeness (QED) is 0.505. The second-order valence-electron chi connectivity index (χ2n) is 4.37. The molecule has 84 valence electrons. The van der Waals surface area contributed by atoms with Gasteiger partial charge in [0.25, 0.3) is 0 Å². The molecule has 0 saturated heterocycles. The summed E-state index contributed by atoms with van der Waals surface area (Å²) >= 11 is 0. The van der Waals surface area contributed by atoms with Gasteiger partial charge in [0.05, 0.1) is 0 Å². The van der Waals surface area contributed by atoms with E-state index in [4.69, 9.17) is 0 Å². The highest BCUT2D eigenvalue weighted by Crippen LogP contribution is 2.06. The Kier molecular flexibility index (Phi) is 6.83. The maximum absolute atomic E-state index is 11.2. The van der Waals surface area contributed by atoms with Crippen LogP contribution >= 0.6 is 0 Å². The van der Waals surface area contributed by atoms with E-state index >= 15 is 0 Å². The van der Waals surface area contributed by atoms with Crippen molar-refractivity contribution >= 4 is 14.2 Å². The summed E-state index contributed by atoms with van der Waals surface area (Å²) in [5.41, 5.74) is 0. The van der Waals surface area contributed by atoms with Gasteiger partial charge >= 0.3 is 0 Å². The molecule has 0 saturated carbocycles. The smallest absolute Gasteiger partial charge is 0.219 e. The van der Waals surface area contributed by atoms with Gasteiger partial charge in [-0.05, 0) is 32.0 Å². The number of nitrogens with one attached hydrogen (secondary N) is 1. The van der Waals surface area contributed by atoms with Crippen molar-refractivity contribution in [2.45, 2.75) is 51.7 Å². The SMILES string of the molecule is CCCCC(=O)NCCC[Si](C)(C)O. The van der Waals surface area contributed by atoms with Gasteiger partial charge < -0.3 is 10.1 Å². The first-order valence-corrected chi connectivity index (χ1v) is 8.60. The summed E-state index contributed by atoms with van der Waals surface area (Å²) in [6, 6.07) is 0.862. The molecule has 4 heteroatoms. The number of carbonyl (C=O) groups is 1. The molecule has 0 bridgehead atoms. The molecule has 0 aliphatic heterocycles. The van der Waals surface area contributed by atoms with E-state index in [9.17, 15) is 9.59 Å². The maximum atomic E-state index is 11.2. The molecule has 0 aliphatic carbocycles. The number of amides is 1. The van der Waals surface area contributed by atoms with Crippen molar-refractivity contribution in [3.8, 4) is 0 Å². The summed E-state index contributed by atoms with van der Waals surface area (Å²) in [5.74, 6) is 0.143. The summed E-state index contributed by atoms with van der Waals surface area (Å²) in [4.78, 5) is 20.7. The molecule has 0 atom stereocenters. The molecule has 0 aromatic carbocycles. The van der Waals surface area contributed by atoms with E-state index in [2.05, 4.69) is 12.2 Å². The van der Waals surface area contributed by atoms with E-state index < -0.39 is 8.32 Å². The first kappa shape index (κ1) is 13.6. The molecule has 0 aromatic heterocycles. The first-order valence-electron chi connectivity index (χ1n) is 5.45. The van der Waals surface area contributed by atoms with Crippen molar-refractivity contribution in [3.63, 3.8) is 0 Å². The minimum absolute atomic E-state index is 0.143. The lowest BCUT2D eigenvalue weighted by Crippen LogP contribution is -2.29. The molecule has 0 aromatic rings. The minimum atomic E-state index is -1.91. The van der Waals surface area contributed by atoms with Crippen LogP contribution < -0.4 is 5.32 Å². The second kappa shape index (κ2) is 7.01. The summed E-state index contributed by atoms with van der Waals surface area (Å²) in [5, 5.41) is 2.86. The Bertz CT molecular complexity index is 166. The molecule has 3 nitrogen and oxygen atoms in total. The van der Waals surface area contributed by atoms with E-state index in [0.29, 0.717) is 13.0 Å². The predicted octanol–water partition coefficient (Wildman–Crippen LogP) is 1.88. The van der Waals surface area contributed by atoms with Crippen molar-refractivity contribution in [1.82, 2.24) is 5.32 Å².